The van der Waals surface area contributed by atoms with Crippen molar-refractivity contribution in [2.24, 2.45) is 0 Å². The highest BCUT2D eigenvalue weighted by Gasteiger charge is 2.32. The third-order valence-corrected chi connectivity index (χ3v) is 4.35. The molecule has 7 nitrogen and oxygen atoms in total. The van der Waals surface area contributed by atoms with E-state index in [0.717, 1.165) is 0 Å². The van der Waals surface area contributed by atoms with E-state index in [9.17, 15) is 14.7 Å². The second-order valence-electron chi connectivity index (χ2n) is 10.9. The van der Waals surface area contributed by atoms with Gasteiger partial charge in [0.1, 0.15) is 11.2 Å². The van der Waals surface area contributed by atoms with E-state index in [-0.39, 0.29) is 24.8 Å². The Hall–Kier alpha value is -1.18. The van der Waals surface area contributed by atoms with E-state index >= 15 is 0 Å². The summed E-state index contributed by atoms with van der Waals surface area (Å²) in [5, 5.41) is 13.6. The second kappa shape index (κ2) is 11.4. The fourth-order valence-corrected chi connectivity index (χ4v) is 3.08. The van der Waals surface area contributed by atoms with Crippen molar-refractivity contribution in [3.63, 3.8) is 0 Å². The predicted octanol–water partition coefficient (Wildman–Crippen LogP) is 4.10. The van der Waals surface area contributed by atoms with Gasteiger partial charge < -0.3 is 24.6 Å². The number of hydrogen-bond acceptors (Lipinski definition) is 7. The van der Waals surface area contributed by atoms with Crippen LogP contribution in [0.2, 0.25) is 0 Å². The first-order valence-corrected chi connectivity index (χ1v) is 10.8. The van der Waals surface area contributed by atoms with E-state index < -0.39 is 28.6 Å². The largest absolute Gasteiger partial charge is 0.460 e. The maximum atomic E-state index is 12.3. The molecule has 0 aliphatic heterocycles. The predicted molar refractivity (Wildman–Crippen MR) is 118 cm³/mol. The lowest BCUT2D eigenvalue weighted by molar-refractivity contribution is -0.170. The summed E-state index contributed by atoms with van der Waals surface area (Å²) in [6, 6.07) is 0. The molecule has 0 amide bonds. The summed E-state index contributed by atoms with van der Waals surface area (Å²) >= 11 is 0. The minimum atomic E-state index is -0.930. The first kappa shape index (κ1) is 28.8. The molecule has 2 N–H and O–H groups in total. The van der Waals surface area contributed by atoms with Gasteiger partial charge in [-0.15, -0.1) is 0 Å². The zero-order valence-corrected chi connectivity index (χ0v) is 20.8. The maximum absolute atomic E-state index is 12.3. The van der Waals surface area contributed by atoms with E-state index in [2.05, 4.69) is 5.32 Å². The number of nitrogens with one attached hydrogen (secondary N) is 1. The Labute approximate surface area is 183 Å². The van der Waals surface area contributed by atoms with Gasteiger partial charge in [-0.3, -0.25) is 9.59 Å². The lowest BCUT2D eigenvalue weighted by atomic mass is 9.83. The molecule has 0 aromatic carbocycles. The number of ether oxygens (including phenoxy) is 3. The number of carbonyl (C=O) groups is 2. The fraction of sp³-hybridized carbons (Fsp3) is 0.913. The Morgan fingerprint density at radius 2 is 1.17 bits per heavy atom. The molecule has 0 rings (SSSR count). The lowest BCUT2D eigenvalue weighted by Crippen LogP contribution is -2.45. The number of aliphatic hydroxyl groups is 1. The van der Waals surface area contributed by atoms with Crippen molar-refractivity contribution in [1.29, 1.82) is 0 Å². The van der Waals surface area contributed by atoms with Crippen LogP contribution in [-0.4, -0.2) is 52.7 Å². The first-order chi connectivity index (χ1) is 13.4. The molecule has 178 valence electrons. The molecule has 0 radical (unpaired) electrons. The highest BCUT2D eigenvalue weighted by atomic mass is 16.6. The Morgan fingerprint density at radius 3 is 1.47 bits per heavy atom. The van der Waals surface area contributed by atoms with Gasteiger partial charge in [0.2, 0.25) is 0 Å². The van der Waals surface area contributed by atoms with Crippen LogP contribution in [0.15, 0.2) is 0 Å². The van der Waals surface area contributed by atoms with Gasteiger partial charge in [-0.05, 0) is 95.0 Å². The van der Waals surface area contributed by atoms with Gasteiger partial charge in [0.25, 0.3) is 0 Å². The van der Waals surface area contributed by atoms with Crippen LogP contribution in [0.4, 0.5) is 0 Å². The van der Waals surface area contributed by atoms with Crippen LogP contribution >= 0.6 is 0 Å². The van der Waals surface area contributed by atoms with E-state index in [0.29, 0.717) is 25.7 Å². The van der Waals surface area contributed by atoms with E-state index in [1.54, 1.807) is 7.05 Å². The molecule has 0 aliphatic carbocycles. The van der Waals surface area contributed by atoms with Crippen molar-refractivity contribution >= 4 is 11.9 Å². The van der Waals surface area contributed by atoms with Crippen molar-refractivity contribution in [1.82, 2.24) is 5.32 Å². The molecule has 1 atom stereocenters. The average Bonchev–Trinajstić information content (AvgIpc) is 2.49. The van der Waals surface area contributed by atoms with Crippen LogP contribution in [0.1, 0.15) is 101 Å². The van der Waals surface area contributed by atoms with E-state index in [4.69, 9.17) is 14.2 Å². The average molecular weight is 432 g/mol. The monoisotopic (exact) mass is 431 g/mol. The van der Waals surface area contributed by atoms with Crippen LogP contribution in [0.25, 0.3) is 0 Å². The third kappa shape index (κ3) is 14.7. The SMILES string of the molecule is CNC(CCC(=O)OC(C)(C)C)(CCC(=O)OC(C)(C)C)CCC(O)OC(C)(C)C. The van der Waals surface area contributed by atoms with Gasteiger partial charge in [-0.1, -0.05) is 0 Å². The molecule has 7 heteroatoms. The minimum Gasteiger partial charge on any atom is -0.460 e. The molecule has 0 saturated heterocycles. The number of carbonyl (C=O) groups excluding carboxylic acids is 2. The van der Waals surface area contributed by atoms with Crippen molar-refractivity contribution < 1.29 is 28.9 Å². The summed E-state index contributed by atoms with van der Waals surface area (Å²) in [5.41, 5.74) is -2.09. The molecule has 30 heavy (non-hydrogen) atoms. The number of hydrogen-bond donors (Lipinski definition) is 2. The Balaban J connectivity index is 5.17. The normalized spacial score (nSPS) is 14.4. The molecule has 0 fully saturated rings. The molecule has 0 aromatic heterocycles. The van der Waals surface area contributed by atoms with Crippen LogP contribution in [0.3, 0.4) is 0 Å². The summed E-state index contributed by atoms with van der Waals surface area (Å²) in [4.78, 5) is 24.5. The zero-order chi connectivity index (χ0) is 23.8. The summed E-state index contributed by atoms with van der Waals surface area (Å²) in [6.07, 6.45) is 1.35. The topological polar surface area (TPSA) is 94.1 Å². The fourth-order valence-electron chi connectivity index (χ4n) is 3.08. The lowest BCUT2D eigenvalue weighted by Gasteiger charge is -2.35. The molecule has 0 aromatic rings. The van der Waals surface area contributed by atoms with E-state index in [1.807, 2.05) is 62.3 Å². The molecule has 0 spiro atoms. The summed E-state index contributed by atoms with van der Waals surface area (Å²) in [6.45, 7) is 16.6. The second-order valence-corrected chi connectivity index (χ2v) is 10.9. The third-order valence-electron chi connectivity index (χ3n) is 4.35. The van der Waals surface area contributed by atoms with Gasteiger partial charge in [-0.25, -0.2) is 0 Å². The van der Waals surface area contributed by atoms with Crippen LogP contribution in [0, 0.1) is 0 Å². The smallest absolute Gasteiger partial charge is 0.306 e. The minimum absolute atomic E-state index is 0.211. The van der Waals surface area contributed by atoms with Crippen molar-refractivity contribution in [3.8, 4) is 0 Å². The molecule has 1 unspecified atom stereocenters. The number of esters is 2. The molecule has 0 aliphatic rings. The quantitative estimate of drug-likeness (QED) is 0.376. The van der Waals surface area contributed by atoms with Gasteiger partial charge in [0, 0.05) is 18.4 Å². The number of rotatable bonds is 11. The van der Waals surface area contributed by atoms with Crippen LogP contribution in [-0.2, 0) is 23.8 Å². The van der Waals surface area contributed by atoms with Gasteiger partial charge in [0.05, 0.1) is 5.60 Å². The molecule has 0 bridgehead atoms. The molecular weight excluding hydrogens is 386 g/mol. The van der Waals surface area contributed by atoms with Gasteiger partial charge in [-0.2, -0.15) is 0 Å². The van der Waals surface area contributed by atoms with Crippen molar-refractivity contribution in [2.45, 2.75) is 129 Å². The number of aliphatic hydroxyl groups excluding tert-OH is 1. The van der Waals surface area contributed by atoms with Gasteiger partial charge >= 0.3 is 11.9 Å². The highest BCUT2D eigenvalue weighted by Crippen LogP contribution is 2.28. The molecular formula is C23H45NO6. The Morgan fingerprint density at radius 1 is 0.767 bits per heavy atom. The Kier molecular flexibility index (Phi) is 11.0. The van der Waals surface area contributed by atoms with Gasteiger partial charge in [0.15, 0.2) is 6.29 Å². The van der Waals surface area contributed by atoms with Crippen molar-refractivity contribution in [3.05, 3.63) is 0 Å². The first-order valence-electron chi connectivity index (χ1n) is 10.8. The van der Waals surface area contributed by atoms with Crippen LogP contribution in [0.5, 0.6) is 0 Å². The van der Waals surface area contributed by atoms with Crippen LogP contribution < -0.4 is 5.32 Å². The molecule has 0 heterocycles. The summed E-state index contributed by atoms with van der Waals surface area (Å²) < 4.78 is 16.5. The summed E-state index contributed by atoms with van der Waals surface area (Å²) in [7, 11) is 1.81. The maximum Gasteiger partial charge on any atom is 0.306 e. The summed E-state index contributed by atoms with van der Waals surface area (Å²) in [5.74, 6) is -0.572. The standard InChI is InChI=1S/C23H45NO6/c1-20(2,3)28-17(25)11-14-23(24-10,15-12-18(26)29-21(4,5)6)16-13-19(27)30-22(7,8)9/h17,24-25H,11-16H2,1-10H3. The highest BCUT2D eigenvalue weighted by molar-refractivity contribution is 5.70. The molecule has 0 saturated carbocycles. The van der Waals surface area contributed by atoms with E-state index in [1.165, 1.54) is 0 Å². The Bertz CT molecular complexity index is 507. The zero-order valence-electron chi connectivity index (χ0n) is 20.8. The van der Waals surface area contributed by atoms with Crippen molar-refractivity contribution in [2.75, 3.05) is 7.05 Å².